The van der Waals surface area contributed by atoms with Crippen molar-refractivity contribution in [1.82, 2.24) is 4.90 Å². The van der Waals surface area contributed by atoms with Gasteiger partial charge in [0.2, 0.25) is 11.8 Å². The Labute approximate surface area is 211 Å². The molecule has 2 aromatic rings. The first-order chi connectivity index (χ1) is 16.8. The predicted molar refractivity (Wildman–Crippen MR) is 140 cm³/mol. The second kappa shape index (κ2) is 9.57. The number of aryl methyl sites for hydroxylation is 1. The Kier molecular flexibility index (Phi) is 6.49. The monoisotopic (exact) mass is 493 g/mol. The van der Waals surface area contributed by atoms with Gasteiger partial charge in [0.15, 0.2) is 0 Å². The van der Waals surface area contributed by atoms with Crippen LogP contribution in [0.15, 0.2) is 42.5 Å². The van der Waals surface area contributed by atoms with Gasteiger partial charge in [0, 0.05) is 56.3 Å². The lowest BCUT2D eigenvalue weighted by Crippen LogP contribution is -2.49. The number of carbonyl (C=O) groups excluding carboxylic acids is 2. The van der Waals surface area contributed by atoms with E-state index in [0.717, 1.165) is 44.3 Å². The van der Waals surface area contributed by atoms with Crippen LogP contribution in [-0.4, -0.2) is 48.0 Å². The minimum atomic E-state index is -0.440. The van der Waals surface area contributed by atoms with Crippen LogP contribution in [0.1, 0.15) is 50.2 Å². The smallest absolute Gasteiger partial charge is 0.247 e. The van der Waals surface area contributed by atoms with Gasteiger partial charge >= 0.3 is 0 Å². The third kappa shape index (κ3) is 4.90. The molecule has 0 radical (unpaired) electrons. The summed E-state index contributed by atoms with van der Waals surface area (Å²) in [7, 11) is 0. The van der Waals surface area contributed by atoms with Gasteiger partial charge in [0.25, 0.3) is 0 Å². The molecular formula is C28H32ClN3O3. The fourth-order valence-electron chi connectivity index (χ4n) is 5.37. The first-order valence-electron chi connectivity index (χ1n) is 12.5. The van der Waals surface area contributed by atoms with Crippen molar-refractivity contribution in [3.05, 3.63) is 58.6 Å². The van der Waals surface area contributed by atoms with Crippen molar-refractivity contribution < 1.29 is 14.3 Å². The lowest BCUT2D eigenvalue weighted by molar-refractivity contribution is -0.138. The van der Waals surface area contributed by atoms with Crippen LogP contribution in [0.3, 0.4) is 0 Å². The first kappa shape index (κ1) is 23.7. The van der Waals surface area contributed by atoms with E-state index < -0.39 is 6.04 Å². The Morgan fingerprint density at radius 2 is 1.83 bits per heavy atom. The van der Waals surface area contributed by atoms with Crippen molar-refractivity contribution in [2.24, 2.45) is 0 Å². The van der Waals surface area contributed by atoms with Gasteiger partial charge in [-0.15, -0.1) is 0 Å². The topological polar surface area (TPSA) is 61.9 Å². The van der Waals surface area contributed by atoms with Gasteiger partial charge in [0.05, 0.1) is 5.02 Å². The molecule has 1 N–H and O–H groups in total. The number of amides is 2. The molecule has 0 aromatic heterocycles. The Morgan fingerprint density at radius 1 is 1.09 bits per heavy atom. The summed E-state index contributed by atoms with van der Waals surface area (Å²) >= 11 is 6.65. The molecule has 35 heavy (non-hydrogen) atoms. The maximum absolute atomic E-state index is 13.0. The molecule has 3 aliphatic rings. The minimum absolute atomic E-state index is 0.0663. The van der Waals surface area contributed by atoms with Crippen LogP contribution >= 0.6 is 11.6 Å². The molecule has 1 atom stereocenters. The zero-order valence-corrected chi connectivity index (χ0v) is 21.1. The number of carbonyl (C=O) groups is 2. The number of nitrogens with one attached hydrogen (secondary N) is 1. The van der Waals surface area contributed by atoms with Crippen LogP contribution < -0.4 is 15.0 Å². The SMILES string of the molecule is CC(=O)N1CCCC[C@@H]1C(=O)Nc1cc(Cl)c2c(c1)C=CC1(CCN(c3ccc(C)cc3)CC1)O2. The van der Waals surface area contributed by atoms with Crippen molar-refractivity contribution in [2.75, 3.05) is 29.9 Å². The molecule has 0 aliphatic carbocycles. The highest BCUT2D eigenvalue weighted by Crippen LogP contribution is 2.43. The van der Waals surface area contributed by atoms with Gasteiger partial charge in [-0.1, -0.05) is 35.4 Å². The van der Waals surface area contributed by atoms with Gasteiger partial charge in [0.1, 0.15) is 17.4 Å². The van der Waals surface area contributed by atoms with Crippen molar-refractivity contribution in [2.45, 2.75) is 57.6 Å². The van der Waals surface area contributed by atoms with E-state index in [9.17, 15) is 9.59 Å². The highest BCUT2D eigenvalue weighted by molar-refractivity contribution is 6.32. The summed E-state index contributed by atoms with van der Waals surface area (Å²) < 4.78 is 6.51. The average Bonchev–Trinajstić information content (AvgIpc) is 2.86. The van der Waals surface area contributed by atoms with Gasteiger partial charge in [-0.3, -0.25) is 9.59 Å². The Hall–Kier alpha value is -2.99. The van der Waals surface area contributed by atoms with E-state index in [1.165, 1.54) is 18.2 Å². The van der Waals surface area contributed by atoms with Gasteiger partial charge < -0.3 is 19.9 Å². The highest BCUT2D eigenvalue weighted by Gasteiger charge is 2.38. The first-order valence-corrected chi connectivity index (χ1v) is 12.8. The number of likely N-dealkylation sites (tertiary alicyclic amines) is 1. The molecule has 1 spiro atoms. The number of ether oxygens (including phenoxy) is 1. The third-order valence-electron chi connectivity index (χ3n) is 7.43. The molecular weight excluding hydrogens is 462 g/mol. The molecule has 2 fully saturated rings. The lowest BCUT2D eigenvalue weighted by Gasteiger charge is -2.43. The summed E-state index contributed by atoms with van der Waals surface area (Å²) in [5.74, 6) is 0.430. The Bertz CT molecular complexity index is 1150. The molecule has 0 bridgehead atoms. The van der Waals surface area contributed by atoms with E-state index in [1.54, 1.807) is 11.0 Å². The summed E-state index contributed by atoms with van der Waals surface area (Å²) in [6.45, 7) is 6.05. The molecule has 3 aliphatic heterocycles. The number of halogens is 1. The van der Waals surface area contributed by atoms with Crippen molar-refractivity contribution in [3.8, 4) is 5.75 Å². The number of rotatable bonds is 3. The largest absolute Gasteiger partial charge is 0.481 e. The van der Waals surface area contributed by atoms with Gasteiger partial charge in [-0.05, 0) is 56.5 Å². The van der Waals surface area contributed by atoms with Crippen molar-refractivity contribution in [1.29, 1.82) is 0 Å². The molecule has 6 nitrogen and oxygen atoms in total. The maximum atomic E-state index is 13.0. The summed E-state index contributed by atoms with van der Waals surface area (Å²) in [6, 6.07) is 11.8. The van der Waals surface area contributed by atoms with E-state index in [2.05, 4.69) is 53.6 Å². The molecule has 184 valence electrons. The fourth-order valence-corrected chi connectivity index (χ4v) is 5.64. The van der Waals surface area contributed by atoms with E-state index in [0.29, 0.717) is 29.4 Å². The Morgan fingerprint density at radius 3 is 2.54 bits per heavy atom. The number of fused-ring (bicyclic) bond motifs is 1. The van der Waals surface area contributed by atoms with Crippen molar-refractivity contribution in [3.63, 3.8) is 0 Å². The number of benzene rings is 2. The Balaban J connectivity index is 1.27. The highest BCUT2D eigenvalue weighted by atomic mass is 35.5. The van der Waals surface area contributed by atoms with Crippen LogP contribution in [0, 0.1) is 6.92 Å². The zero-order chi connectivity index (χ0) is 24.6. The summed E-state index contributed by atoms with van der Waals surface area (Å²) in [5, 5.41) is 3.45. The predicted octanol–water partition coefficient (Wildman–Crippen LogP) is 5.43. The number of anilines is 2. The molecule has 2 saturated heterocycles. The van der Waals surface area contributed by atoms with E-state index >= 15 is 0 Å². The second-order valence-electron chi connectivity index (χ2n) is 9.91. The van der Waals surface area contributed by atoms with Gasteiger partial charge in [-0.2, -0.15) is 0 Å². The zero-order valence-electron chi connectivity index (χ0n) is 20.4. The van der Waals surface area contributed by atoms with E-state index in [1.807, 2.05) is 6.07 Å². The molecule has 3 heterocycles. The van der Waals surface area contributed by atoms with Crippen LogP contribution in [0.4, 0.5) is 11.4 Å². The molecule has 2 aromatic carbocycles. The molecule has 2 amide bonds. The molecule has 5 rings (SSSR count). The standard InChI is InChI=1S/C28H32ClN3O3/c1-19-6-8-23(9-7-19)31-15-12-28(13-16-31)11-10-21-17-22(18-24(29)26(21)35-28)30-27(34)25-5-3-4-14-32(25)20(2)33/h6-11,17-18,25H,3-5,12-16H2,1-2H3,(H,30,34)/t25-/m1/s1. The van der Waals surface area contributed by atoms with E-state index in [4.69, 9.17) is 16.3 Å². The lowest BCUT2D eigenvalue weighted by atomic mass is 9.87. The maximum Gasteiger partial charge on any atom is 0.247 e. The minimum Gasteiger partial charge on any atom is -0.481 e. The average molecular weight is 494 g/mol. The third-order valence-corrected chi connectivity index (χ3v) is 7.71. The van der Waals surface area contributed by atoms with Crippen LogP contribution in [0.2, 0.25) is 5.02 Å². The van der Waals surface area contributed by atoms with Crippen LogP contribution in [0.5, 0.6) is 5.75 Å². The van der Waals surface area contributed by atoms with E-state index in [-0.39, 0.29) is 17.4 Å². The molecule has 7 heteroatoms. The summed E-state index contributed by atoms with van der Waals surface area (Å²) in [4.78, 5) is 29.0. The molecule has 0 saturated carbocycles. The number of hydrogen-bond donors (Lipinski definition) is 1. The number of nitrogens with zero attached hydrogens (tertiary/aromatic N) is 2. The quantitative estimate of drug-likeness (QED) is 0.619. The normalized spacial score (nSPS) is 20.8. The number of piperidine rings is 2. The van der Waals surface area contributed by atoms with Crippen molar-refractivity contribution >= 4 is 40.9 Å². The summed E-state index contributed by atoms with van der Waals surface area (Å²) in [6.07, 6.45) is 8.48. The summed E-state index contributed by atoms with van der Waals surface area (Å²) in [5.41, 5.74) is 3.60. The van der Waals surface area contributed by atoms with Crippen LogP contribution in [0.25, 0.3) is 6.08 Å². The fraction of sp³-hybridized carbons (Fsp3) is 0.429. The van der Waals surface area contributed by atoms with Crippen LogP contribution in [-0.2, 0) is 9.59 Å². The van der Waals surface area contributed by atoms with Gasteiger partial charge in [-0.25, -0.2) is 0 Å². The molecule has 0 unspecified atom stereocenters. The second-order valence-corrected chi connectivity index (χ2v) is 10.3. The number of hydrogen-bond acceptors (Lipinski definition) is 4.